The van der Waals surface area contributed by atoms with Crippen molar-refractivity contribution in [2.75, 3.05) is 0 Å². The van der Waals surface area contributed by atoms with Gasteiger partial charge in [-0.25, -0.2) is 4.39 Å². The van der Waals surface area contributed by atoms with Crippen LogP contribution in [-0.4, -0.2) is 0 Å². The number of hydrogen-bond acceptors (Lipinski definition) is 0. The zero-order valence-electron chi connectivity index (χ0n) is 11.4. The standard InChI is InChI=1S/C18H15FP2/c19-17-11-15(7-10-18(17)21)14-3-1-12(2-4-14)13-5-8-16(20)9-6-13/h1-11H,20-21H2. The highest BCUT2D eigenvalue weighted by Crippen LogP contribution is 2.25. The molecule has 0 radical (unpaired) electrons. The Balaban J connectivity index is 1.93. The van der Waals surface area contributed by atoms with Gasteiger partial charge in [0.05, 0.1) is 0 Å². The Morgan fingerprint density at radius 3 is 1.52 bits per heavy atom. The summed E-state index contributed by atoms with van der Waals surface area (Å²) in [5.74, 6) is -0.197. The summed E-state index contributed by atoms with van der Waals surface area (Å²) in [6.07, 6.45) is 0. The van der Waals surface area contributed by atoms with Gasteiger partial charge < -0.3 is 0 Å². The molecule has 0 aromatic heterocycles. The Morgan fingerprint density at radius 2 is 1.00 bits per heavy atom. The fourth-order valence-electron chi connectivity index (χ4n) is 2.24. The molecule has 0 nitrogen and oxygen atoms in total. The third kappa shape index (κ3) is 3.21. The summed E-state index contributed by atoms with van der Waals surface area (Å²) in [5.41, 5.74) is 4.25. The van der Waals surface area contributed by atoms with E-state index < -0.39 is 0 Å². The second-order valence-electron chi connectivity index (χ2n) is 4.94. The van der Waals surface area contributed by atoms with Crippen molar-refractivity contribution in [2.45, 2.75) is 0 Å². The summed E-state index contributed by atoms with van der Waals surface area (Å²) in [5, 5.41) is 1.76. The van der Waals surface area contributed by atoms with Gasteiger partial charge in [-0.15, -0.1) is 18.5 Å². The molecule has 0 saturated carbocycles. The fraction of sp³-hybridized carbons (Fsp3) is 0. The van der Waals surface area contributed by atoms with Crippen molar-refractivity contribution in [3.8, 4) is 22.3 Å². The first-order chi connectivity index (χ1) is 10.1. The summed E-state index contributed by atoms with van der Waals surface area (Å²) in [6, 6.07) is 21.8. The molecule has 0 bridgehead atoms. The third-order valence-corrected chi connectivity index (χ3v) is 4.32. The molecule has 3 aromatic carbocycles. The van der Waals surface area contributed by atoms with E-state index >= 15 is 0 Å². The van der Waals surface area contributed by atoms with Crippen molar-refractivity contribution in [3.63, 3.8) is 0 Å². The molecule has 0 N–H and O–H groups in total. The van der Waals surface area contributed by atoms with E-state index in [1.165, 1.54) is 10.9 Å². The Morgan fingerprint density at radius 1 is 0.571 bits per heavy atom. The van der Waals surface area contributed by atoms with Crippen LogP contribution in [0.3, 0.4) is 0 Å². The van der Waals surface area contributed by atoms with E-state index in [1.54, 1.807) is 12.1 Å². The van der Waals surface area contributed by atoms with Crippen LogP contribution in [0.25, 0.3) is 22.3 Å². The predicted molar refractivity (Wildman–Crippen MR) is 96.0 cm³/mol. The van der Waals surface area contributed by atoms with Crippen LogP contribution in [0.4, 0.5) is 4.39 Å². The number of hydrogen-bond donors (Lipinski definition) is 0. The van der Waals surface area contributed by atoms with Crippen LogP contribution >= 0.6 is 18.5 Å². The van der Waals surface area contributed by atoms with Gasteiger partial charge in [0.25, 0.3) is 0 Å². The van der Waals surface area contributed by atoms with Crippen molar-refractivity contribution < 1.29 is 4.39 Å². The highest BCUT2D eigenvalue weighted by molar-refractivity contribution is 7.27. The summed E-state index contributed by atoms with van der Waals surface area (Å²) in [4.78, 5) is 0. The van der Waals surface area contributed by atoms with Crippen molar-refractivity contribution in [2.24, 2.45) is 0 Å². The van der Waals surface area contributed by atoms with Gasteiger partial charge in [-0.1, -0.05) is 60.7 Å². The van der Waals surface area contributed by atoms with Gasteiger partial charge >= 0.3 is 0 Å². The molecule has 2 unspecified atom stereocenters. The molecule has 3 aromatic rings. The van der Waals surface area contributed by atoms with Gasteiger partial charge in [0, 0.05) is 5.30 Å². The van der Waals surface area contributed by atoms with Crippen LogP contribution in [-0.2, 0) is 0 Å². The molecule has 0 amide bonds. The van der Waals surface area contributed by atoms with Crippen molar-refractivity contribution >= 4 is 29.1 Å². The van der Waals surface area contributed by atoms with Crippen LogP contribution in [0.2, 0.25) is 0 Å². The Hall–Kier alpha value is -1.55. The van der Waals surface area contributed by atoms with E-state index in [0.29, 0.717) is 5.30 Å². The minimum Gasteiger partial charge on any atom is -0.206 e. The molecular formula is C18H15FP2. The number of rotatable bonds is 2. The average molecular weight is 312 g/mol. The molecule has 0 spiro atoms. The third-order valence-electron chi connectivity index (χ3n) is 3.46. The molecule has 0 aliphatic rings. The van der Waals surface area contributed by atoms with Crippen molar-refractivity contribution in [3.05, 3.63) is 72.5 Å². The zero-order chi connectivity index (χ0) is 14.8. The van der Waals surface area contributed by atoms with Gasteiger partial charge in [0.1, 0.15) is 5.82 Å². The molecule has 3 heteroatoms. The van der Waals surface area contributed by atoms with Crippen LogP contribution in [0.15, 0.2) is 66.7 Å². The second-order valence-corrected chi connectivity index (χ2v) is 6.22. The first-order valence-electron chi connectivity index (χ1n) is 6.65. The minimum atomic E-state index is -0.197. The molecule has 0 aliphatic carbocycles. The molecule has 2 atom stereocenters. The van der Waals surface area contributed by atoms with Gasteiger partial charge in [-0.05, 0) is 33.6 Å². The average Bonchev–Trinajstić information content (AvgIpc) is 2.51. The predicted octanol–water partition coefficient (Wildman–Crippen LogP) is 4.16. The van der Waals surface area contributed by atoms with Crippen LogP contribution in [0.5, 0.6) is 0 Å². The van der Waals surface area contributed by atoms with Gasteiger partial charge in [-0.2, -0.15) is 0 Å². The first-order valence-corrected chi connectivity index (χ1v) is 7.80. The lowest BCUT2D eigenvalue weighted by Crippen LogP contribution is -1.97. The minimum absolute atomic E-state index is 0.197. The monoisotopic (exact) mass is 312 g/mol. The maximum atomic E-state index is 13.6. The normalized spacial score (nSPS) is 10.6. The molecule has 0 aliphatic heterocycles. The SMILES string of the molecule is Fc1cc(-c2ccc(-c3ccc(P)cc3)cc2)ccc1P. The molecule has 3 rings (SSSR count). The molecule has 0 saturated heterocycles. The first kappa shape index (κ1) is 14.4. The lowest BCUT2D eigenvalue weighted by atomic mass is 10.0. The smallest absolute Gasteiger partial charge is 0.130 e. The van der Waals surface area contributed by atoms with E-state index in [2.05, 4.69) is 54.9 Å². The fourth-order valence-corrected chi connectivity index (χ4v) is 2.61. The molecule has 0 fully saturated rings. The Labute approximate surface area is 128 Å². The quantitative estimate of drug-likeness (QED) is 0.623. The van der Waals surface area contributed by atoms with Gasteiger partial charge in [0.15, 0.2) is 0 Å². The van der Waals surface area contributed by atoms with Gasteiger partial charge in [0.2, 0.25) is 0 Å². The van der Waals surface area contributed by atoms with Crippen LogP contribution in [0.1, 0.15) is 0 Å². The summed E-state index contributed by atoms with van der Waals surface area (Å²) in [7, 11) is 5.08. The van der Waals surface area contributed by atoms with E-state index in [0.717, 1.165) is 16.7 Å². The Bertz CT molecular complexity index is 762. The maximum Gasteiger partial charge on any atom is 0.130 e. The maximum absolute atomic E-state index is 13.6. The summed E-state index contributed by atoms with van der Waals surface area (Å²) in [6.45, 7) is 0. The van der Waals surface area contributed by atoms with E-state index in [4.69, 9.17) is 0 Å². The lowest BCUT2D eigenvalue weighted by Gasteiger charge is -2.06. The highest BCUT2D eigenvalue weighted by atomic mass is 31.0. The largest absolute Gasteiger partial charge is 0.206 e. The lowest BCUT2D eigenvalue weighted by molar-refractivity contribution is 0.637. The van der Waals surface area contributed by atoms with E-state index in [-0.39, 0.29) is 5.82 Å². The zero-order valence-corrected chi connectivity index (χ0v) is 13.7. The second kappa shape index (κ2) is 6.06. The molecule has 104 valence electrons. The molecule has 21 heavy (non-hydrogen) atoms. The van der Waals surface area contributed by atoms with Crippen molar-refractivity contribution in [1.82, 2.24) is 0 Å². The molecule has 0 heterocycles. The summed E-state index contributed by atoms with van der Waals surface area (Å²) >= 11 is 0. The molecular weight excluding hydrogens is 297 g/mol. The van der Waals surface area contributed by atoms with Gasteiger partial charge in [-0.3, -0.25) is 0 Å². The van der Waals surface area contributed by atoms with E-state index in [1.807, 2.05) is 18.2 Å². The Kier molecular flexibility index (Phi) is 4.15. The van der Waals surface area contributed by atoms with Crippen molar-refractivity contribution in [1.29, 1.82) is 0 Å². The highest BCUT2D eigenvalue weighted by Gasteiger charge is 2.03. The number of benzene rings is 3. The van der Waals surface area contributed by atoms with E-state index in [9.17, 15) is 4.39 Å². The number of halogens is 1. The topological polar surface area (TPSA) is 0 Å². The van der Waals surface area contributed by atoms with Crippen LogP contribution in [0, 0.1) is 5.82 Å². The summed E-state index contributed by atoms with van der Waals surface area (Å²) < 4.78 is 13.6. The van der Waals surface area contributed by atoms with Crippen LogP contribution < -0.4 is 10.6 Å².